The summed E-state index contributed by atoms with van der Waals surface area (Å²) in [7, 11) is 0. The first-order valence-corrected chi connectivity index (χ1v) is 11.0. The van der Waals surface area contributed by atoms with Crippen LogP contribution in [0.4, 0.5) is 5.69 Å². The van der Waals surface area contributed by atoms with Gasteiger partial charge in [-0.1, -0.05) is 31.4 Å². The Balaban J connectivity index is 1.89. The normalized spacial score (nSPS) is 14.4. The maximum atomic E-state index is 13.5. The number of nitrogens with one attached hydrogen (secondary N) is 1. The Morgan fingerprint density at radius 1 is 1.03 bits per heavy atom. The van der Waals surface area contributed by atoms with E-state index in [4.69, 9.17) is 0 Å². The Bertz CT molecular complexity index is 1160. The first-order chi connectivity index (χ1) is 15.0. The molecule has 4 rings (SSSR count). The molecule has 2 aromatic heterocycles. The van der Waals surface area contributed by atoms with Crippen molar-refractivity contribution in [3.63, 3.8) is 0 Å². The summed E-state index contributed by atoms with van der Waals surface area (Å²) in [5.74, 6) is -0.366. The van der Waals surface area contributed by atoms with Gasteiger partial charge in [0.05, 0.1) is 5.69 Å². The third-order valence-electron chi connectivity index (χ3n) is 6.42. The number of pyridine rings is 2. The summed E-state index contributed by atoms with van der Waals surface area (Å²) in [4.78, 5) is 30.8. The molecule has 5 nitrogen and oxygen atoms in total. The molecule has 1 aliphatic carbocycles. The van der Waals surface area contributed by atoms with E-state index in [0.29, 0.717) is 5.69 Å². The van der Waals surface area contributed by atoms with Crippen molar-refractivity contribution in [3.05, 3.63) is 81.4 Å². The van der Waals surface area contributed by atoms with Crippen molar-refractivity contribution in [3.8, 4) is 11.3 Å². The fraction of sp³-hybridized carbons (Fsp3) is 0.346. The maximum absolute atomic E-state index is 13.5. The zero-order valence-electron chi connectivity index (χ0n) is 18.4. The number of hydrogen-bond acceptors (Lipinski definition) is 3. The number of aromatic nitrogens is 2. The molecule has 0 bridgehead atoms. The number of aryl methyl sites for hydroxylation is 2. The minimum absolute atomic E-state index is 0.197. The van der Waals surface area contributed by atoms with E-state index in [2.05, 4.69) is 14.9 Å². The quantitative estimate of drug-likeness (QED) is 0.604. The van der Waals surface area contributed by atoms with Crippen molar-refractivity contribution in [2.45, 2.75) is 58.9 Å². The van der Waals surface area contributed by atoms with Crippen LogP contribution in [0.25, 0.3) is 11.3 Å². The Hall–Kier alpha value is -3.21. The Morgan fingerprint density at radius 3 is 2.45 bits per heavy atom. The topological polar surface area (TPSA) is 64.0 Å². The van der Waals surface area contributed by atoms with Gasteiger partial charge in [0.1, 0.15) is 5.56 Å². The number of carbonyl (C=O) groups is 1. The summed E-state index contributed by atoms with van der Waals surface area (Å²) < 4.78 is 2.22. The lowest BCUT2D eigenvalue weighted by molar-refractivity contribution is 0.102. The van der Waals surface area contributed by atoms with Gasteiger partial charge in [0.2, 0.25) is 0 Å². The van der Waals surface area contributed by atoms with Crippen LogP contribution in [0.3, 0.4) is 0 Å². The molecule has 3 aromatic rings. The fourth-order valence-electron chi connectivity index (χ4n) is 4.64. The monoisotopic (exact) mass is 415 g/mol. The molecule has 0 radical (unpaired) electrons. The minimum Gasteiger partial charge on any atom is -0.341 e. The van der Waals surface area contributed by atoms with Gasteiger partial charge >= 0.3 is 0 Å². The van der Waals surface area contributed by atoms with Crippen LogP contribution in [0.5, 0.6) is 0 Å². The Morgan fingerprint density at radius 2 is 1.74 bits per heavy atom. The second kappa shape index (κ2) is 8.88. The molecule has 0 aliphatic heterocycles. The molecule has 0 saturated heterocycles. The number of hydrogen-bond donors (Lipinski definition) is 1. The van der Waals surface area contributed by atoms with Crippen molar-refractivity contribution < 1.29 is 4.79 Å². The van der Waals surface area contributed by atoms with E-state index in [1.54, 1.807) is 18.5 Å². The van der Waals surface area contributed by atoms with E-state index in [1.165, 1.54) is 6.42 Å². The average Bonchev–Trinajstić information content (AvgIpc) is 2.77. The molecule has 31 heavy (non-hydrogen) atoms. The van der Waals surface area contributed by atoms with Gasteiger partial charge in [-0.2, -0.15) is 0 Å². The molecule has 5 heteroatoms. The van der Waals surface area contributed by atoms with E-state index < -0.39 is 0 Å². The molecule has 0 spiro atoms. The zero-order chi connectivity index (χ0) is 22.0. The highest BCUT2D eigenvalue weighted by Gasteiger charge is 2.26. The number of rotatable bonds is 4. The summed E-state index contributed by atoms with van der Waals surface area (Å²) in [6.07, 6.45) is 9.09. The van der Waals surface area contributed by atoms with E-state index in [1.807, 2.05) is 51.1 Å². The minimum atomic E-state index is -0.366. The first kappa shape index (κ1) is 21.0. The van der Waals surface area contributed by atoms with Gasteiger partial charge in [0.15, 0.2) is 5.43 Å². The zero-order valence-corrected chi connectivity index (χ0v) is 18.4. The van der Waals surface area contributed by atoms with Crippen molar-refractivity contribution in [1.29, 1.82) is 0 Å². The molecule has 1 aliphatic rings. The number of anilines is 1. The van der Waals surface area contributed by atoms with Crippen LogP contribution in [0.15, 0.2) is 53.6 Å². The van der Waals surface area contributed by atoms with Crippen LogP contribution < -0.4 is 10.7 Å². The fourth-order valence-corrected chi connectivity index (χ4v) is 4.64. The second-order valence-electron chi connectivity index (χ2n) is 8.47. The molecule has 1 saturated carbocycles. The molecule has 1 N–H and O–H groups in total. The van der Waals surface area contributed by atoms with Crippen molar-refractivity contribution >= 4 is 11.6 Å². The summed E-state index contributed by atoms with van der Waals surface area (Å²) >= 11 is 0. The molecule has 1 amide bonds. The lowest BCUT2D eigenvalue weighted by atomic mass is 9.93. The number of nitrogens with zero attached hydrogens (tertiary/aromatic N) is 2. The van der Waals surface area contributed by atoms with Gasteiger partial charge in [-0.25, -0.2) is 0 Å². The highest BCUT2D eigenvalue weighted by molar-refractivity contribution is 6.08. The predicted octanol–water partition coefficient (Wildman–Crippen LogP) is 5.59. The highest BCUT2D eigenvalue weighted by atomic mass is 16.2. The van der Waals surface area contributed by atoms with Gasteiger partial charge in [-0.15, -0.1) is 0 Å². The molecule has 1 fully saturated rings. The lowest BCUT2D eigenvalue weighted by Gasteiger charge is -2.30. The number of carbonyl (C=O) groups excluding carboxylic acids is 1. The molecular weight excluding hydrogens is 386 g/mol. The number of benzene rings is 1. The third-order valence-corrected chi connectivity index (χ3v) is 6.42. The van der Waals surface area contributed by atoms with Crippen LogP contribution in [0.2, 0.25) is 0 Å². The van der Waals surface area contributed by atoms with E-state index in [9.17, 15) is 9.59 Å². The van der Waals surface area contributed by atoms with Crippen molar-refractivity contribution in [1.82, 2.24) is 9.55 Å². The average molecular weight is 416 g/mol. The molecular formula is C26H29N3O2. The van der Waals surface area contributed by atoms with Crippen molar-refractivity contribution in [2.75, 3.05) is 5.32 Å². The summed E-state index contributed by atoms with van der Waals surface area (Å²) in [6, 6.07) is 11.4. The predicted molar refractivity (Wildman–Crippen MR) is 125 cm³/mol. The summed E-state index contributed by atoms with van der Waals surface area (Å²) in [6.45, 7) is 5.95. The third kappa shape index (κ3) is 4.18. The summed E-state index contributed by atoms with van der Waals surface area (Å²) in [5, 5.41) is 3.00. The van der Waals surface area contributed by atoms with Gasteiger partial charge in [-0.05, 0) is 62.9 Å². The first-order valence-electron chi connectivity index (χ1n) is 11.0. The van der Waals surface area contributed by atoms with Crippen LogP contribution >= 0.6 is 0 Å². The van der Waals surface area contributed by atoms with Crippen LogP contribution in [-0.2, 0) is 0 Å². The van der Waals surface area contributed by atoms with Crippen LogP contribution in [0, 0.1) is 20.8 Å². The molecule has 1 aromatic carbocycles. The van der Waals surface area contributed by atoms with E-state index in [0.717, 1.165) is 53.8 Å². The smallest absolute Gasteiger partial charge is 0.261 e. The van der Waals surface area contributed by atoms with Gasteiger partial charge in [-0.3, -0.25) is 14.6 Å². The largest absolute Gasteiger partial charge is 0.341 e. The standard InChI is InChI=1S/C26H29N3O2/c1-17-8-7-11-22(19(17)3)28-26(31)24-23(30)16-18(2)29(21-9-5-4-6-10-21)25(24)20-12-14-27-15-13-20/h7-8,11-16,21H,4-6,9-10H2,1-3H3,(H,28,31). The second-order valence-corrected chi connectivity index (χ2v) is 8.47. The highest BCUT2D eigenvalue weighted by Crippen LogP contribution is 2.34. The SMILES string of the molecule is Cc1cccc(NC(=O)c2c(-c3ccncc3)n(C3CCCCC3)c(C)cc2=O)c1C. The van der Waals surface area contributed by atoms with Crippen molar-refractivity contribution in [2.24, 2.45) is 0 Å². The Labute approximate surface area is 183 Å². The Kier molecular flexibility index (Phi) is 6.03. The molecule has 0 atom stereocenters. The molecule has 0 unspecified atom stereocenters. The molecule has 160 valence electrons. The van der Waals surface area contributed by atoms with E-state index in [-0.39, 0.29) is 22.9 Å². The van der Waals surface area contributed by atoms with Gasteiger partial charge < -0.3 is 9.88 Å². The maximum Gasteiger partial charge on any atom is 0.261 e. The lowest BCUT2D eigenvalue weighted by Crippen LogP contribution is -2.29. The van der Waals surface area contributed by atoms with Gasteiger partial charge in [0.25, 0.3) is 5.91 Å². The van der Waals surface area contributed by atoms with Crippen LogP contribution in [0.1, 0.15) is 65.3 Å². The van der Waals surface area contributed by atoms with Gasteiger partial charge in [0, 0.05) is 41.4 Å². The molecule has 2 heterocycles. The summed E-state index contributed by atoms with van der Waals surface area (Å²) in [5.41, 5.74) is 5.20. The van der Waals surface area contributed by atoms with Crippen LogP contribution in [-0.4, -0.2) is 15.5 Å². The van der Waals surface area contributed by atoms with E-state index >= 15 is 0 Å². The number of amides is 1.